The first-order valence-corrected chi connectivity index (χ1v) is 2.92. The van der Waals surface area contributed by atoms with Crippen LogP contribution >= 0.6 is 0 Å². The zero-order valence-electron chi connectivity index (χ0n) is 6.92. The van der Waals surface area contributed by atoms with Crippen LogP contribution in [-0.4, -0.2) is 20.4 Å². The molecule has 0 fully saturated rings. The van der Waals surface area contributed by atoms with Gasteiger partial charge in [-0.05, 0) is 0 Å². The van der Waals surface area contributed by atoms with Gasteiger partial charge in [0.2, 0.25) is 0 Å². The van der Waals surface area contributed by atoms with Crippen molar-refractivity contribution in [3.8, 4) is 0 Å². The molecule has 0 atom stereocenters. The van der Waals surface area contributed by atoms with E-state index in [9.17, 15) is 0 Å². The van der Waals surface area contributed by atoms with Crippen LogP contribution in [0.15, 0.2) is 6.08 Å². The molecular formula is C8H13MnO3-. The number of carbonyl (C=O) groups excluding carboxylic acids is 3. The molecule has 0 unspecified atom stereocenters. The second-order valence-corrected chi connectivity index (χ2v) is 1.30. The van der Waals surface area contributed by atoms with Crippen molar-refractivity contribution in [3.05, 3.63) is 12.2 Å². The van der Waals surface area contributed by atoms with Crippen LogP contribution in [0.4, 0.5) is 0 Å². The van der Waals surface area contributed by atoms with Crippen LogP contribution in [0.5, 0.6) is 0 Å². The summed E-state index contributed by atoms with van der Waals surface area (Å²) in [4.78, 5) is 24.0. The molecule has 0 aromatic carbocycles. The Balaban J connectivity index is -0.0000000406. The van der Waals surface area contributed by atoms with E-state index in [1.54, 1.807) is 0 Å². The van der Waals surface area contributed by atoms with Gasteiger partial charge < -0.3 is 20.5 Å². The maximum atomic E-state index is 8.00. The van der Waals surface area contributed by atoms with E-state index in [1.165, 1.54) is 19.3 Å². The fourth-order valence-electron chi connectivity index (χ4n) is 0.510. The van der Waals surface area contributed by atoms with Crippen LogP contribution in [0.2, 0.25) is 0 Å². The summed E-state index contributed by atoms with van der Waals surface area (Å²) in [6.45, 7) is 6.00. The Morgan fingerprint density at radius 3 is 1.50 bits per heavy atom. The Morgan fingerprint density at radius 2 is 1.42 bits per heavy atom. The molecular weight excluding hydrogens is 199 g/mol. The number of carbonyl (C=O) groups is 3. The monoisotopic (exact) mass is 212 g/mol. The average molecular weight is 212 g/mol. The largest absolute Gasteiger partial charge is 0.501 e. The van der Waals surface area contributed by atoms with Crippen LogP contribution in [0.1, 0.15) is 19.3 Å². The molecule has 0 N–H and O–H groups in total. The van der Waals surface area contributed by atoms with Crippen molar-refractivity contribution in [3.63, 3.8) is 0 Å². The third kappa shape index (κ3) is 34.8. The molecule has 0 aromatic rings. The van der Waals surface area contributed by atoms with Gasteiger partial charge in [-0.1, -0.05) is 12.8 Å². The summed E-state index contributed by atoms with van der Waals surface area (Å²) in [5.74, 6) is 0. The first-order chi connectivity index (χ1) is 5.50. The molecule has 4 heteroatoms. The van der Waals surface area contributed by atoms with E-state index in [1.807, 2.05) is 20.4 Å². The molecule has 1 aliphatic rings. The second kappa shape index (κ2) is 48.4. The van der Waals surface area contributed by atoms with Crippen molar-refractivity contribution in [2.24, 2.45) is 0 Å². The molecule has 1 rings (SSSR count). The van der Waals surface area contributed by atoms with Gasteiger partial charge in [-0.25, -0.2) is 0 Å². The first kappa shape index (κ1) is 22.5. The van der Waals surface area contributed by atoms with Crippen LogP contribution in [0.3, 0.4) is 0 Å². The molecule has 1 radical (unpaired) electrons. The summed E-state index contributed by atoms with van der Waals surface area (Å²) in [5, 5.41) is 0. The van der Waals surface area contributed by atoms with Crippen LogP contribution < -0.4 is 0 Å². The quantitative estimate of drug-likeness (QED) is 0.444. The van der Waals surface area contributed by atoms with E-state index in [0.717, 1.165) is 0 Å². The van der Waals surface area contributed by atoms with Crippen molar-refractivity contribution in [2.45, 2.75) is 19.3 Å². The van der Waals surface area contributed by atoms with E-state index in [-0.39, 0.29) is 17.1 Å². The van der Waals surface area contributed by atoms with E-state index in [2.05, 4.69) is 12.2 Å². The Kier molecular flexibility index (Phi) is 90.7. The average Bonchev–Trinajstić information content (AvgIpc) is 2.71. The fraction of sp³-hybridized carbons (Fsp3) is 0.375. The van der Waals surface area contributed by atoms with Gasteiger partial charge in [0.1, 0.15) is 20.4 Å². The van der Waals surface area contributed by atoms with Gasteiger partial charge in [-0.2, -0.15) is 6.42 Å². The van der Waals surface area contributed by atoms with Gasteiger partial charge in [0, 0.05) is 17.1 Å². The molecule has 0 aromatic heterocycles. The zero-order chi connectivity index (χ0) is 9.54. The van der Waals surface area contributed by atoms with Crippen LogP contribution in [0, 0.1) is 6.08 Å². The van der Waals surface area contributed by atoms with Crippen LogP contribution in [0.25, 0.3) is 0 Å². The molecule has 12 heavy (non-hydrogen) atoms. The Bertz CT molecular complexity index is 75.6. The van der Waals surface area contributed by atoms with Crippen molar-refractivity contribution in [2.75, 3.05) is 0 Å². The fourth-order valence-corrected chi connectivity index (χ4v) is 0.510. The number of rotatable bonds is 0. The van der Waals surface area contributed by atoms with Gasteiger partial charge >= 0.3 is 0 Å². The summed E-state index contributed by atoms with van der Waals surface area (Å²) >= 11 is 0. The molecule has 0 saturated heterocycles. The Labute approximate surface area is 83.7 Å². The maximum absolute atomic E-state index is 8.00. The molecule has 0 amide bonds. The molecule has 3 nitrogen and oxygen atoms in total. The third-order valence-electron chi connectivity index (χ3n) is 0.814. The summed E-state index contributed by atoms with van der Waals surface area (Å²) in [6, 6.07) is 0. The topological polar surface area (TPSA) is 51.2 Å². The van der Waals surface area contributed by atoms with E-state index in [0.29, 0.717) is 0 Å². The maximum Gasteiger partial charge on any atom is 0.106 e. The minimum atomic E-state index is 0. The summed E-state index contributed by atoms with van der Waals surface area (Å²) < 4.78 is 0. The molecule has 0 saturated carbocycles. The zero-order valence-corrected chi connectivity index (χ0v) is 8.10. The number of hydrogen-bond acceptors (Lipinski definition) is 3. The minimum absolute atomic E-state index is 0. The van der Waals surface area contributed by atoms with E-state index in [4.69, 9.17) is 14.4 Å². The van der Waals surface area contributed by atoms with Crippen molar-refractivity contribution < 1.29 is 31.5 Å². The van der Waals surface area contributed by atoms with Gasteiger partial charge in [-0.3, -0.25) is 6.08 Å². The predicted octanol–water partition coefficient (Wildman–Crippen LogP) is 0.972. The smallest absolute Gasteiger partial charge is 0.106 e. The molecule has 1 aliphatic carbocycles. The molecule has 0 bridgehead atoms. The summed E-state index contributed by atoms with van der Waals surface area (Å²) in [7, 11) is 0. The first-order valence-electron chi connectivity index (χ1n) is 2.92. The molecule has 71 valence electrons. The molecule has 0 heterocycles. The van der Waals surface area contributed by atoms with E-state index >= 15 is 0 Å². The predicted molar refractivity (Wildman–Crippen MR) is 43.0 cm³/mol. The summed E-state index contributed by atoms with van der Waals surface area (Å²) in [6.07, 6.45) is 9.00. The van der Waals surface area contributed by atoms with Gasteiger partial charge in [0.05, 0.1) is 0 Å². The van der Waals surface area contributed by atoms with Crippen molar-refractivity contribution in [1.29, 1.82) is 0 Å². The van der Waals surface area contributed by atoms with Gasteiger partial charge in [0.25, 0.3) is 0 Å². The molecule has 0 aliphatic heterocycles. The number of hydrogen-bond donors (Lipinski definition) is 0. The van der Waals surface area contributed by atoms with Gasteiger partial charge in [0.15, 0.2) is 0 Å². The Hall–Kier alpha value is -0.731. The third-order valence-corrected chi connectivity index (χ3v) is 0.814. The van der Waals surface area contributed by atoms with Crippen LogP contribution in [-0.2, 0) is 31.5 Å². The molecule has 0 spiro atoms. The van der Waals surface area contributed by atoms with E-state index < -0.39 is 0 Å². The second-order valence-electron chi connectivity index (χ2n) is 1.30. The van der Waals surface area contributed by atoms with Crippen molar-refractivity contribution >= 4 is 20.4 Å². The SMILES string of the molecule is C=O.C=O.C=O.[C-]1=CCCC1.[Mn]. The minimum Gasteiger partial charge on any atom is -0.501 e. The normalized spacial score (nSPS) is 9.67. The van der Waals surface area contributed by atoms with Gasteiger partial charge in [-0.15, -0.1) is 0 Å². The number of allylic oxidation sites excluding steroid dienone is 2. The standard InChI is InChI=1S/C5H7.3CH2O.Mn/c1-2-4-5-3-1;3*1-2;/h1H,2,4-5H2;3*1H2;/q-1;;;;. The van der Waals surface area contributed by atoms with Crippen molar-refractivity contribution in [1.82, 2.24) is 0 Å². The summed E-state index contributed by atoms with van der Waals surface area (Å²) in [5.41, 5.74) is 0. The Morgan fingerprint density at radius 1 is 1.00 bits per heavy atom.